The molecule has 0 bridgehead atoms. The predicted octanol–water partition coefficient (Wildman–Crippen LogP) is 5.31. The number of hydrogen-bond acceptors (Lipinski definition) is 10. The van der Waals surface area contributed by atoms with Crippen LogP contribution in [-0.2, 0) is 19.2 Å². The lowest BCUT2D eigenvalue weighted by molar-refractivity contribution is -0.159. The van der Waals surface area contributed by atoms with Crippen molar-refractivity contribution in [1.82, 2.24) is 9.80 Å². The van der Waals surface area contributed by atoms with Gasteiger partial charge in [0.25, 0.3) is 0 Å². The van der Waals surface area contributed by atoms with Crippen LogP contribution in [0.25, 0.3) is 20.5 Å². The summed E-state index contributed by atoms with van der Waals surface area (Å²) in [4.78, 5) is 56.0. The third kappa shape index (κ3) is 12.5. The molecule has 1 fully saturated rings. The normalized spacial score (nSPS) is 12.3. The van der Waals surface area contributed by atoms with Gasteiger partial charge in [0, 0.05) is 39.2 Å². The van der Waals surface area contributed by atoms with Crippen molar-refractivity contribution in [3.05, 3.63) is 83.9 Å². The molecule has 4 N–H and O–H groups in total. The van der Waals surface area contributed by atoms with Gasteiger partial charge in [0.2, 0.25) is 0 Å². The number of aliphatic carboxylic acids is 4. The summed E-state index contributed by atoms with van der Waals surface area (Å²) in [6, 6.07) is 23.9. The number of hydrogen-bond donors (Lipinski definition) is 4. The average Bonchev–Trinajstić information content (AvgIpc) is 3.79. The Labute approximate surface area is 299 Å². The van der Waals surface area contributed by atoms with Gasteiger partial charge in [-0.25, -0.2) is 19.2 Å². The van der Waals surface area contributed by atoms with Crippen LogP contribution in [0, 0.1) is 0 Å². The van der Waals surface area contributed by atoms with Crippen molar-refractivity contribution in [1.29, 1.82) is 0 Å². The fourth-order valence-corrected chi connectivity index (χ4v) is 6.36. The summed E-state index contributed by atoms with van der Waals surface area (Å²) >= 11 is 1.66. The number of carbonyl (C=O) groups is 5. The van der Waals surface area contributed by atoms with Crippen molar-refractivity contribution in [3.8, 4) is 21.9 Å². The van der Waals surface area contributed by atoms with Crippen LogP contribution >= 0.6 is 11.3 Å². The van der Waals surface area contributed by atoms with Crippen LogP contribution in [-0.4, -0.2) is 112 Å². The number of thiophene rings is 1. The molecule has 1 aromatic heterocycles. The first kappa shape index (κ1) is 40.1. The SMILES string of the molecule is CCN(CC)CCOc1ccc(C(=O)c2c(-c3ccc(OCCN4CCCC4)cc3)sc3ccccc23)cc1.O=C(O)C(=O)O.O=C(O)C(=O)O. The highest BCUT2D eigenvalue weighted by atomic mass is 32.1. The third-order valence-corrected chi connectivity index (χ3v) is 9.09. The number of carbonyl (C=O) groups excluding carboxylic acids is 1. The summed E-state index contributed by atoms with van der Waals surface area (Å²) in [5.74, 6) is -5.61. The molecule has 1 saturated heterocycles. The van der Waals surface area contributed by atoms with E-state index in [1.54, 1.807) is 11.3 Å². The van der Waals surface area contributed by atoms with Gasteiger partial charge in [-0.2, -0.15) is 0 Å². The van der Waals surface area contributed by atoms with E-state index in [4.69, 9.17) is 49.1 Å². The standard InChI is InChI=1S/C33H38N2O3S.2C2H2O4/c1-3-34(4-2)21-23-37-27-15-11-25(12-16-27)32(36)31-29-9-5-6-10-30(29)39-33(31)26-13-17-28(18-14-26)38-24-22-35-19-7-8-20-35;2*3-1(4)2(5)6/h5-6,9-18H,3-4,7-8,19-24H2,1-2H3;2*(H,3,4)(H,5,6). The average molecular weight is 723 g/mol. The van der Waals surface area contributed by atoms with Crippen LogP contribution in [0.4, 0.5) is 0 Å². The minimum atomic E-state index is -1.82. The summed E-state index contributed by atoms with van der Waals surface area (Å²) in [7, 11) is 0. The van der Waals surface area contributed by atoms with Gasteiger partial charge in [-0.3, -0.25) is 9.69 Å². The predicted molar refractivity (Wildman–Crippen MR) is 192 cm³/mol. The molecule has 0 atom stereocenters. The van der Waals surface area contributed by atoms with Crippen LogP contribution in [0.5, 0.6) is 11.5 Å². The first-order valence-corrected chi connectivity index (χ1v) is 17.2. The maximum absolute atomic E-state index is 13.9. The summed E-state index contributed by atoms with van der Waals surface area (Å²) in [5.41, 5.74) is 2.45. The molecule has 13 nitrogen and oxygen atoms in total. The summed E-state index contributed by atoms with van der Waals surface area (Å²) in [5, 5.41) is 30.6. The molecule has 0 unspecified atom stereocenters. The first-order chi connectivity index (χ1) is 24.4. The molecule has 4 aromatic rings. The quantitative estimate of drug-likeness (QED) is 0.103. The Hall–Kier alpha value is -5.31. The number of likely N-dealkylation sites (N-methyl/N-ethyl adjacent to an activating group) is 1. The lowest BCUT2D eigenvalue weighted by Crippen LogP contribution is -2.27. The molecule has 0 saturated carbocycles. The summed E-state index contributed by atoms with van der Waals surface area (Å²) in [6.45, 7) is 11.9. The van der Waals surface area contributed by atoms with Gasteiger partial charge < -0.3 is 34.8 Å². The molecule has 5 rings (SSSR count). The summed E-state index contributed by atoms with van der Waals surface area (Å²) < 4.78 is 13.1. The van der Waals surface area contributed by atoms with E-state index in [-0.39, 0.29) is 5.78 Å². The number of benzene rings is 3. The van der Waals surface area contributed by atoms with Gasteiger partial charge >= 0.3 is 23.9 Å². The van der Waals surface area contributed by atoms with E-state index in [1.165, 1.54) is 25.9 Å². The molecule has 51 heavy (non-hydrogen) atoms. The van der Waals surface area contributed by atoms with Crippen molar-refractivity contribution >= 4 is 51.1 Å². The zero-order chi connectivity index (χ0) is 37.3. The van der Waals surface area contributed by atoms with E-state index < -0.39 is 23.9 Å². The Morgan fingerprint density at radius 3 is 1.75 bits per heavy atom. The molecule has 1 aliphatic heterocycles. The Morgan fingerprint density at radius 2 is 1.22 bits per heavy atom. The fourth-order valence-electron chi connectivity index (χ4n) is 5.15. The molecule has 0 aliphatic carbocycles. The fraction of sp³-hybridized carbons (Fsp3) is 0.324. The van der Waals surface area contributed by atoms with E-state index in [0.29, 0.717) is 18.8 Å². The second-order valence-electron chi connectivity index (χ2n) is 11.2. The smallest absolute Gasteiger partial charge is 0.414 e. The molecular formula is C37H42N2O11S. The van der Waals surface area contributed by atoms with Gasteiger partial charge in [0.05, 0.1) is 0 Å². The zero-order valence-electron chi connectivity index (χ0n) is 28.4. The summed E-state index contributed by atoms with van der Waals surface area (Å²) in [6.07, 6.45) is 2.58. The molecular weight excluding hydrogens is 680 g/mol. The van der Waals surface area contributed by atoms with E-state index in [0.717, 1.165) is 63.8 Å². The molecule has 272 valence electrons. The van der Waals surface area contributed by atoms with Gasteiger partial charge in [-0.05, 0) is 99.2 Å². The van der Waals surface area contributed by atoms with Crippen molar-refractivity contribution in [2.45, 2.75) is 26.7 Å². The topological polar surface area (TPSA) is 191 Å². The second-order valence-corrected chi connectivity index (χ2v) is 12.2. The van der Waals surface area contributed by atoms with E-state index in [1.807, 2.05) is 54.6 Å². The van der Waals surface area contributed by atoms with Crippen molar-refractivity contribution < 1.29 is 53.9 Å². The maximum Gasteiger partial charge on any atom is 0.414 e. The number of nitrogens with zero attached hydrogens (tertiary/aromatic N) is 2. The molecule has 0 radical (unpaired) electrons. The second kappa shape index (κ2) is 20.4. The van der Waals surface area contributed by atoms with Gasteiger partial charge in [-0.15, -0.1) is 11.3 Å². The van der Waals surface area contributed by atoms with Gasteiger partial charge in [0.15, 0.2) is 5.78 Å². The van der Waals surface area contributed by atoms with Crippen LogP contribution in [0.15, 0.2) is 72.8 Å². The van der Waals surface area contributed by atoms with E-state index in [2.05, 4.69) is 41.8 Å². The Kier molecular flexibility index (Phi) is 16.0. The number of ether oxygens (including phenoxy) is 2. The van der Waals surface area contributed by atoms with E-state index >= 15 is 0 Å². The molecule has 0 spiro atoms. The monoisotopic (exact) mass is 722 g/mol. The first-order valence-electron chi connectivity index (χ1n) is 16.3. The molecule has 14 heteroatoms. The lowest BCUT2D eigenvalue weighted by atomic mass is 9.97. The van der Waals surface area contributed by atoms with E-state index in [9.17, 15) is 4.79 Å². The molecule has 2 heterocycles. The van der Waals surface area contributed by atoms with Crippen LogP contribution < -0.4 is 9.47 Å². The van der Waals surface area contributed by atoms with Gasteiger partial charge in [-0.1, -0.05) is 32.0 Å². The third-order valence-electron chi connectivity index (χ3n) is 7.87. The van der Waals surface area contributed by atoms with Crippen molar-refractivity contribution in [2.75, 3.05) is 52.5 Å². The Bertz CT molecular complexity index is 1710. The van der Waals surface area contributed by atoms with Crippen molar-refractivity contribution in [2.24, 2.45) is 0 Å². The van der Waals surface area contributed by atoms with Crippen LogP contribution in [0.3, 0.4) is 0 Å². The minimum absolute atomic E-state index is 0.0306. The number of ketones is 1. The highest BCUT2D eigenvalue weighted by Gasteiger charge is 2.22. The highest BCUT2D eigenvalue weighted by molar-refractivity contribution is 7.22. The number of likely N-dealkylation sites (tertiary alicyclic amines) is 1. The van der Waals surface area contributed by atoms with Gasteiger partial charge in [0.1, 0.15) is 24.7 Å². The minimum Gasteiger partial charge on any atom is -0.492 e. The van der Waals surface area contributed by atoms with Crippen LogP contribution in [0.2, 0.25) is 0 Å². The lowest BCUT2D eigenvalue weighted by Gasteiger charge is -2.18. The Morgan fingerprint density at radius 1 is 0.706 bits per heavy atom. The Balaban J connectivity index is 0.000000504. The number of carboxylic acid groups (broad SMARTS) is 4. The zero-order valence-corrected chi connectivity index (χ0v) is 29.3. The number of fused-ring (bicyclic) bond motifs is 1. The molecule has 1 aliphatic rings. The number of carboxylic acids is 4. The maximum atomic E-state index is 13.9. The molecule has 3 aromatic carbocycles. The number of rotatable bonds is 13. The van der Waals surface area contributed by atoms with Crippen LogP contribution in [0.1, 0.15) is 42.6 Å². The van der Waals surface area contributed by atoms with Crippen molar-refractivity contribution in [3.63, 3.8) is 0 Å². The largest absolute Gasteiger partial charge is 0.492 e. The highest BCUT2D eigenvalue weighted by Crippen LogP contribution is 2.40. The molecule has 0 amide bonds.